The Labute approximate surface area is 118 Å². The Morgan fingerprint density at radius 2 is 1.42 bits per heavy atom. The first-order valence-corrected chi connectivity index (χ1v) is 11.1. The molecule has 1 aliphatic heterocycles. The van der Waals surface area contributed by atoms with E-state index in [2.05, 4.69) is 49.6 Å². The molecule has 2 fully saturated rings. The first-order valence-electron chi connectivity index (χ1n) is 7.94. The third kappa shape index (κ3) is 1.40. The van der Waals surface area contributed by atoms with Gasteiger partial charge in [0.2, 0.25) is 0 Å². The van der Waals surface area contributed by atoms with Gasteiger partial charge in [-0.15, -0.1) is 0 Å². The Balaban J connectivity index is 1.88. The molecule has 1 saturated carbocycles. The van der Waals surface area contributed by atoms with Gasteiger partial charge in [-0.3, -0.25) is 0 Å². The SMILES string of the molecule is C[Si]1(C)C2C=CC=C2C2(CCCCC2)C2=CC=CC21. The molecule has 0 amide bonds. The van der Waals surface area contributed by atoms with E-state index in [4.69, 9.17) is 0 Å². The summed E-state index contributed by atoms with van der Waals surface area (Å²) in [7, 11) is -1.27. The number of allylic oxidation sites excluding steroid dienone is 8. The van der Waals surface area contributed by atoms with Crippen LogP contribution in [0.3, 0.4) is 0 Å². The van der Waals surface area contributed by atoms with Gasteiger partial charge in [0.25, 0.3) is 0 Å². The van der Waals surface area contributed by atoms with Crippen LogP contribution >= 0.6 is 0 Å². The van der Waals surface area contributed by atoms with Crippen molar-refractivity contribution in [3.05, 3.63) is 47.6 Å². The zero-order chi connectivity index (χ0) is 13.1. The molecular weight excluding hydrogens is 244 g/mol. The van der Waals surface area contributed by atoms with Crippen molar-refractivity contribution < 1.29 is 0 Å². The lowest BCUT2D eigenvalue weighted by Gasteiger charge is -2.54. The lowest BCUT2D eigenvalue weighted by molar-refractivity contribution is 0.276. The van der Waals surface area contributed by atoms with Gasteiger partial charge in [0.05, 0.1) is 8.07 Å². The highest BCUT2D eigenvalue weighted by molar-refractivity contribution is 6.83. The van der Waals surface area contributed by atoms with E-state index in [1.807, 2.05) is 0 Å². The minimum atomic E-state index is -1.27. The minimum Gasteiger partial charge on any atom is -0.0800 e. The third-order valence-corrected chi connectivity index (χ3v) is 10.5. The Bertz CT molecular complexity index is 484. The van der Waals surface area contributed by atoms with E-state index in [0.29, 0.717) is 5.41 Å². The number of hydrogen-bond acceptors (Lipinski definition) is 0. The molecule has 0 N–H and O–H groups in total. The van der Waals surface area contributed by atoms with Gasteiger partial charge >= 0.3 is 0 Å². The molecule has 0 bridgehead atoms. The van der Waals surface area contributed by atoms with Crippen LogP contribution in [0.4, 0.5) is 0 Å². The van der Waals surface area contributed by atoms with Crippen LogP contribution in [0, 0.1) is 5.41 Å². The predicted octanol–water partition coefficient (Wildman–Crippen LogP) is 5.39. The first kappa shape index (κ1) is 12.0. The Hall–Kier alpha value is -0.823. The van der Waals surface area contributed by atoms with Gasteiger partial charge in [-0.2, -0.15) is 0 Å². The summed E-state index contributed by atoms with van der Waals surface area (Å²) in [5.74, 6) is 0. The normalized spacial score (nSPS) is 36.9. The van der Waals surface area contributed by atoms with Crippen LogP contribution in [0.1, 0.15) is 32.1 Å². The monoisotopic (exact) mass is 268 g/mol. The fourth-order valence-electron chi connectivity index (χ4n) is 5.26. The first-order chi connectivity index (χ1) is 9.16. The Kier molecular flexibility index (Phi) is 2.42. The molecule has 1 spiro atoms. The second-order valence-corrected chi connectivity index (χ2v) is 12.3. The van der Waals surface area contributed by atoms with Crippen LogP contribution in [-0.4, -0.2) is 8.07 Å². The van der Waals surface area contributed by atoms with E-state index >= 15 is 0 Å². The van der Waals surface area contributed by atoms with Crippen LogP contribution in [0.5, 0.6) is 0 Å². The summed E-state index contributed by atoms with van der Waals surface area (Å²) in [4.78, 5) is 0. The average Bonchev–Trinajstić information content (AvgIpc) is 3.08. The molecule has 2 unspecified atom stereocenters. The molecule has 0 radical (unpaired) electrons. The fourth-order valence-corrected chi connectivity index (χ4v) is 9.21. The number of hydrogen-bond donors (Lipinski definition) is 0. The van der Waals surface area contributed by atoms with Crippen molar-refractivity contribution >= 4 is 8.07 Å². The Morgan fingerprint density at radius 1 is 0.895 bits per heavy atom. The van der Waals surface area contributed by atoms with Gasteiger partial charge < -0.3 is 0 Å². The third-order valence-electron chi connectivity index (χ3n) is 6.24. The molecule has 1 heterocycles. The van der Waals surface area contributed by atoms with Gasteiger partial charge in [0, 0.05) is 5.41 Å². The molecule has 0 nitrogen and oxygen atoms in total. The zero-order valence-corrected chi connectivity index (χ0v) is 13.2. The highest BCUT2D eigenvalue weighted by atomic mass is 28.3. The summed E-state index contributed by atoms with van der Waals surface area (Å²) in [6.07, 6.45) is 21.9. The standard InChI is InChI=1S/C18H24Si/c1-19(2)16-10-6-8-14(16)18(12-4-3-5-13-18)15-9-7-11-17(15)19/h6-11,16-17H,3-5,12-13H2,1-2H3. The lowest BCUT2D eigenvalue weighted by atomic mass is 9.63. The van der Waals surface area contributed by atoms with Crippen molar-refractivity contribution in [3.8, 4) is 0 Å². The minimum absolute atomic E-state index is 0.448. The van der Waals surface area contributed by atoms with Crippen LogP contribution in [-0.2, 0) is 0 Å². The van der Waals surface area contributed by atoms with Gasteiger partial charge in [-0.05, 0) is 23.9 Å². The van der Waals surface area contributed by atoms with Crippen molar-refractivity contribution in [2.45, 2.75) is 56.3 Å². The second kappa shape index (κ2) is 3.85. The van der Waals surface area contributed by atoms with Crippen LogP contribution in [0.2, 0.25) is 24.2 Å². The molecule has 0 aromatic heterocycles. The highest BCUT2D eigenvalue weighted by Crippen LogP contribution is 2.66. The quantitative estimate of drug-likeness (QED) is 0.517. The van der Waals surface area contributed by atoms with Gasteiger partial charge in [-0.25, -0.2) is 0 Å². The van der Waals surface area contributed by atoms with E-state index in [1.54, 1.807) is 11.1 Å². The molecule has 19 heavy (non-hydrogen) atoms. The highest BCUT2D eigenvalue weighted by Gasteiger charge is 2.56. The van der Waals surface area contributed by atoms with Crippen LogP contribution < -0.4 is 0 Å². The molecule has 3 aliphatic carbocycles. The lowest BCUT2D eigenvalue weighted by Crippen LogP contribution is -2.49. The van der Waals surface area contributed by atoms with Crippen LogP contribution in [0.15, 0.2) is 47.6 Å². The number of rotatable bonds is 0. The summed E-state index contributed by atoms with van der Waals surface area (Å²) in [5, 5.41) is 0. The van der Waals surface area contributed by atoms with E-state index in [9.17, 15) is 0 Å². The van der Waals surface area contributed by atoms with Gasteiger partial charge in [-0.1, -0.05) is 80.0 Å². The van der Waals surface area contributed by atoms with E-state index < -0.39 is 8.07 Å². The maximum Gasteiger partial charge on any atom is 0.0707 e. The molecule has 100 valence electrons. The maximum atomic E-state index is 2.60. The summed E-state index contributed by atoms with van der Waals surface area (Å²) in [6.45, 7) is 5.20. The summed E-state index contributed by atoms with van der Waals surface area (Å²) >= 11 is 0. The average molecular weight is 268 g/mol. The van der Waals surface area contributed by atoms with Crippen molar-refractivity contribution in [2.24, 2.45) is 5.41 Å². The maximum absolute atomic E-state index is 2.60. The van der Waals surface area contributed by atoms with Crippen LogP contribution in [0.25, 0.3) is 0 Å². The van der Waals surface area contributed by atoms with Crippen molar-refractivity contribution in [1.82, 2.24) is 0 Å². The summed E-state index contributed by atoms with van der Waals surface area (Å²) < 4.78 is 0. The zero-order valence-electron chi connectivity index (χ0n) is 12.2. The number of fused-ring (bicyclic) bond motifs is 4. The summed E-state index contributed by atoms with van der Waals surface area (Å²) in [5.41, 5.74) is 5.65. The molecule has 1 saturated heterocycles. The van der Waals surface area contributed by atoms with E-state index in [1.165, 1.54) is 32.1 Å². The largest absolute Gasteiger partial charge is 0.0800 e. The molecule has 0 aromatic carbocycles. The van der Waals surface area contributed by atoms with Crippen molar-refractivity contribution in [1.29, 1.82) is 0 Å². The van der Waals surface area contributed by atoms with Gasteiger partial charge in [0.1, 0.15) is 0 Å². The van der Waals surface area contributed by atoms with E-state index in [0.717, 1.165) is 11.1 Å². The molecule has 0 aromatic rings. The second-order valence-electron chi connectivity index (χ2n) is 7.43. The molecule has 4 rings (SSSR count). The topological polar surface area (TPSA) is 0 Å². The Morgan fingerprint density at radius 3 is 1.95 bits per heavy atom. The van der Waals surface area contributed by atoms with Crippen molar-refractivity contribution in [3.63, 3.8) is 0 Å². The molecular formula is C18H24Si. The molecule has 4 aliphatic rings. The van der Waals surface area contributed by atoms with Crippen molar-refractivity contribution in [2.75, 3.05) is 0 Å². The molecule has 2 atom stereocenters. The molecule has 1 heteroatoms. The van der Waals surface area contributed by atoms with E-state index in [-0.39, 0.29) is 0 Å². The summed E-state index contributed by atoms with van der Waals surface area (Å²) in [6, 6.07) is 0. The smallest absolute Gasteiger partial charge is 0.0707 e. The fraction of sp³-hybridized carbons (Fsp3) is 0.556. The predicted molar refractivity (Wildman–Crippen MR) is 84.9 cm³/mol. The van der Waals surface area contributed by atoms with Gasteiger partial charge in [0.15, 0.2) is 0 Å².